The van der Waals surface area contributed by atoms with Gasteiger partial charge in [0.15, 0.2) is 8.07 Å². The fourth-order valence-corrected chi connectivity index (χ4v) is 9.61. The summed E-state index contributed by atoms with van der Waals surface area (Å²) in [7, 11) is -2.59. The number of allylic oxidation sites excluding steroid dienone is 4. The molecule has 3 aromatic carbocycles. The Labute approximate surface area is 186 Å². The highest BCUT2D eigenvalue weighted by Crippen LogP contribution is 2.29. The highest BCUT2D eigenvalue weighted by molar-refractivity contribution is 7.15. The summed E-state index contributed by atoms with van der Waals surface area (Å²) in [6, 6.07) is 26.4. The van der Waals surface area contributed by atoms with Crippen molar-refractivity contribution in [2.75, 3.05) is 0 Å². The number of nitrogens with two attached hydrogens (primary N) is 3. The second-order valence-electron chi connectivity index (χ2n) is 8.14. The first-order valence-electron chi connectivity index (χ1n) is 10.7. The molecule has 3 aromatic rings. The molecule has 0 heterocycles. The van der Waals surface area contributed by atoms with Gasteiger partial charge < -0.3 is 17.2 Å². The van der Waals surface area contributed by atoms with Gasteiger partial charge in [0.25, 0.3) is 0 Å². The lowest BCUT2D eigenvalue weighted by molar-refractivity contribution is 1.07. The highest BCUT2D eigenvalue weighted by atomic mass is 28.3. The van der Waals surface area contributed by atoms with Crippen molar-refractivity contribution in [2.45, 2.75) is 26.6 Å². The molecule has 1 radical (unpaired) electrons. The topological polar surface area (TPSA) is 78.1 Å². The van der Waals surface area contributed by atoms with Crippen molar-refractivity contribution in [2.24, 2.45) is 17.2 Å². The van der Waals surface area contributed by atoms with Gasteiger partial charge in [-0.15, -0.1) is 0 Å². The third-order valence-electron chi connectivity index (χ3n) is 6.13. The second-order valence-corrected chi connectivity index (χ2v) is 11.9. The van der Waals surface area contributed by atoms with Crippen LogP contribution in [-0.2, 0) is 19.6 Å². The van der Waals surface area contributed by atoms with E-state index < -0.39 is 8.07 Å². The Hall–Kier alpha value is -2.76. The summed E-state index contributed by atoms with van der Waals surface area (Å²) in [5.41, 5.74) is 24.2. The highest BCUT2D eigenvalue weighted by Gasteiger charge is 2.46. The van der Waals surface area contributed by atoms with Gasteiger partial charge in [-0.05, 0) is 39.2 Å². The van der Waals surface area contributed by atoms with Crippen LogP contribution < -0.4 is 32.8 Å². The van der Waals surface area contributed by atoms with Gasteiger partial charge in [0, 0.05) is 25.2 Å². The zero-order chi connectivity index (χ0) is 21.8. The first-order valence-corrected chi connectivity index (χ1v) is 12.7. The lowest BCUT2D eigenvalue weighted by Crippen LogP contribution is -2.70. The van der Waals surface area contributed by atoms with E-state index in [0.29, 0.717) is 19.6 Å². The first kappa shape index (κ1) is 21.5. The van der Waals surface area contributed by atoms with E-state index in [9.17, 15) is 0 Å². The Balaban J connectivity index is 2.11. The van der Waals surface area contributed by atoms with Gasteiger partial charge in [-0.25, -0.2) is 0 Å². The van der Waals surface area contributed by atoms with Crippen LogP contribution in [0, 0.1) is 5.54 Å². The zero-order valence-electron chi connectivity index (χ0n) is 18.0. The van der Waals surface area contributed by atoms with Crippen LogP contribution >= 0.6 is 0 Å². The van der Waals surface area contributed by atoms with E-state index in [0.717, 1.165) is 16.7 Å². The molecule has 0 aromatic heterocycles. The van der Waals surface area contributed by atoms with E-state index in [2.05, 4.69) is 97.9 Å². The predicted molar refractivity (Wildman–Crippen MR) is 134 cm³/mol. The van der Waals surface area contributed by atoms with Crippen LogP contribution in [0.5, 0.6) is 0 Å². The molecule has 157 valence electrons. The molecule has 0 amide bonds. The van der Waals surface area contributed by atoms with Crippen molar-refractivity contribution in [3.05, 3.63) is 119 Å². The van der Waals surface area contributed by atoms with E-state index >= 15 is 0 Å². The Morgan fingerprint density at radius 1 is 0.613 bits per heavy atom. The number of hydrogen-bond donors (Lipinski definition) is 3. The molecule has 1 aliphatic carbocycles. The zero-order valence-corrected chi connectivity index (χ0v) is 19.0. The average molecular weight is 425 g/mol. The van der Waals surface area contributed by atoms with E-state index in [1.165, 1.54) is 26.7 Å². The average Bonchev–Trinajstić information content (AvgIpc) is 3.26. The summed E-state index contributed by atoms with van der Waals surface area (Å²) in [6.45, 7) is 3.71. The maximum atomic E-state index is 6.06. The normalized spacial score (nSPS) is 14.1. The van der Waals surface area contributed by atoms with Crippen LogP contribution in [-0.4, -0.2) is 8.07 Å². The van der Waals surface area contributed by atoms with Crippen molar-refractivity contribution in [3.63, 3.8) is 0 Å². The molecule has 3 nitrogen and oxygen atoms in total. The third kappa shape index (κ3) is 3.95. The lowest BCUT2D eigenvalue weighted by atomic mass is 10.2. The number of rotatable bonds is 7. The smallest absolute Gasteiger partial charge is 0.162 e. The fraction of sp³-hybridized carbons (Fsp3) is 0.148. The van der Waals surface area contributed by atoms with Crippen molar-refractivity contribution < 1.29 is 0 Å². The third-order valence-corrected chi connectivity index (χ3v) is 10.8. The summed E-state index contributed by atoms with van der Waals surface area (Å²) in [5, 5.41) is 3.97. The Bertz CT molecular complexity index is 1020. The lowest BCUT2D eigenvalue weighted by Gasteiger charge is -2.38. The van der Waals surface area contributed by atoms with Crippen LogP contribution in [0.4, 0.5) is 0 Å². The minimum absolute atomic E-state index is 0.518. The Morgan fingerprint density at radius 2 is 1.03 bits per heavy atom. The maximum absolute atomic E-state index is 6.06. The van der Waals surface area contributed by atoms with Gasteiger partial charge in [-0.2, -0.15) is 0 Å². The van der Waals surface area contributed by atoms with Crippen LogP contribution in [0.1, 0.15) is 23.6 Å². The molecule has 4 heteroatoms. The van der Waals surface area contributed by atoms with E-state index in [1.54, 1.807) is 0 Å². The first-order chi connectivity index (χ1) is 15.1. The van der Waals surface area contributed by atoms with Crippen molar-refractivity contribution in [1.29, 1.82) is 0 Å². The maximum Gasteiger partial charge on any atom is 0.162 e. The van der Waals surface area contributed by atoms with Gasteiger partial charge in [-0.3, -0.25) is 0 Å². The van der Waals surface area contributed by atoms with Crippen molar-refractivity contribution >= 4 is 23.6 Å². The van der Waals surface area contributed by atoms with Gasteiger partial charge >= 0.3 is 0 Å². The van der Waals surface area contributed by atoms with E-state index in [1.807, 2.05) is 0 Å². The molecule has 0 saturated carbocycles. The summed E-state index contributed by atoms with van der Waals surface area (Å²) in [6.07, 6.45) is 6.84. The predicted octanol–water partition coefficient (Wildman–Crippen LogP) is 2.16. The van der Waals surface area contributed by atoms with Crippen LogP contribution in [0.25, 0.3) is 0 Å². The summed E-state index contributed by atoms with van der Waals surface area (Å²) >= 11 is 0. The molecule has 0 aliphatic heterocycles. The minimum atomic E-state index is -2.59. The molecule has 0 bridgehead atoms. The standard InChI is InChI=1S/C27H30N3Si/c1-20-11-12-27(13-20)31(24-8-2-5-21(14-24)17-28,25-9-3-6-22(15-25)18-29)26-10-4-7-23(16-26)19-30/h2-16H,17-19,28-30H2,1H3. The molecule has 0 spiro atoms. The van der Waals surface area contributed by atoms with Gasteiger partial charge in [0.1, 0.15) is 0 Å². The monoisotopic (exact) mass is 424 g/mol. The van der Waals surface area contributed by atoms with E-state index in [-0.39, 0.29) is 0 Å². The van der Waals surface area contributed by atoms with Crippen LogP contribution in [0.15, 0.2) is 96.6 Å². The fourth-order valence-electron chi connectivity index (χ4n) is 4.59. The van der Waals surface area contributed by atoms with Crippen LogP contribution in [0.2, 0.25) is 0 Å². The van der Waals surface area contributed by atoms with Gasteiger partial charge in [-0.1, -0.05) is 96.6 Å². The van der Waals surface area contributed by atoms with Gasteiger partial charge in [0.05, 0.1) is 0 Å². The molecule has 0 fully saturated rings. The van der Waals surface area contributed by atoms with Crippen molar-refractivity contribution in [3.8, 4) is 0 Å². The summed E-state index contributed by atoms with van der Waals surface area (Å²) in [5.74, 6) is 0. The SMILES string of the molecule is CC1=C[C]([Si](c2cccc(CN)c2)(c2cccc(CN)c2)c2cccc(CN)c2)C=C1. The largest absolute Gasteiger partial charge is 0.326 e. The Kier molecular flexibility index (Phi) is 6.34. The molecular formula is C27H30N3Si. The quantitative estimate of drug-likeness (QED) is 0.402. The van der Waals surface area contributed by atoms with Gasteiger partial charge in [0.2, 0.25) is 0 Å². The molecule has 0 unspecified atom stereocenters. The minimum Gasteiger partial charge on any atom is -0.326 e. The molecule has 6 N–H and O–H groups in total. The Morgan fingerprint density at radius 3 is 1.35 bits per heavy atom. The summed E-state index contributed by atoms with van der Waals surface area (Å²) in [4.78, 5) is 0. The van der Waals surface area contributed by atoms with Crippen molar-refractivity contribution in [1.82, 2.24) is 0 Å². The number of hydrogen-bond acceptors (Lipinski definition) is 3. The molecule has 0 saturated heterocycles. The number of benzene rings is 3. The second kappa shape index (κ2) is 9.16. The van der Waals surface area contributed by atoms with Crippen LogP contribution in [0.3, 0.4) is 0 Å². The molecule has 1 aliphatic rings. The molecule has 31 heavy (non-hydrogen) atoms. The van der Waals surface area contributed by atoms with E-state index in [4.69, 9.17) is 17.2 Å². The molecular weight excluding hydrogens is 394 g/mol. The molecule has 0 atom stereocenters. The summed E-state index contributed by atoms with van der Waals surface area (Å²) < 4.78 is 0. The molecule has 4 rings (SSSR count).